The van der Waals surface area contributed by atoms with Crippen LogP contribution in [-0.2, 0) is 21.5 Å². The zero-order chi connectivity index (χ0) is 15.6. The average molecular weight is 324 g/mol. The number of nitrogens with one attached hydrogen (secondary N) is 1. The van der Waals surface area contributed by atoms with E-state index in [1.165, 1.54) is 29.5 Å². The number of aromatic nitrogens is 1. The van der Waals surface area contributed by atoms with Gasteiger partial charge in [-0.3, -0.25) is 4.79 Å². The highest BCUT2D eigenvalue weighted by molar-refractivity contribution is 7.09. The molecule has 1 aliphatic rings. The van der Waals surface area contributed by atoms with E-state index in [0.717, 1.165) is 5.01 Å². The fourth-order valence-corrected chi connectivity index (χ4v) is 3.09. The Bertz CT molecular complexity index is 652. The number of halogens is 2. The summed E-state index contributed by atoms with van der Waals surface area (Å²) in [6, 6.07) is 3.66. The largest absolute Gasteiger partial charge is 0.376 e. The molecule has 1 aromatic heterocycles. The van der Waals surface area contributed by atoms with Crippen molar-refractivity contribution in [2.75, 3.05) is 13.2 Å². The standard InChI is InChI=1S/C15H14F2N2O2S/c16-10-2-1-3-11(17)14(10)15(8-21-9-15)19-12(20)4-5-13-18-6-7-22-13/h1-3,6-7H,4-5,8-9H2,(H,19,20). The van der Waals surface area contributed by atoms with E-state index in [4.69, 9.17) is 4.74 Å². The van der Waals surface area contributed by atoms with Gasteiger partial charge in [-0.2, -0.15) is 0 Å². The van der Waals surface area contributed by atoms with Crippen LogP contribution in [0.2, 0.25) is 0 Å². The van der Waals surface area contributed by atoms with Crippen molar-refractivity contribution in [2.24, 2.45) is 0 Å². The molecular weight excluding hydrogens is 310 g/mol. The van der Waals surface area contributed by atoms with Gasteiger partial charge in [0.05, 0.1) is 23.8 Å². The minimum Gasteiger partial charge on any atom is -0.376 e. The van der Waals surface area contributed by atoms with Crippen LogP contribution in [0.1, 0.15) is 17.0 Å². The molecule has 7 heteroatoms. The van der Waals surface area contributed by atoms with E-state index < -0.39 is 17.2 Å². The highest BCUT2D eigenvalue weighted by Gasteiger charge is 2.45. The van der Waals surface area contributed by atoms with Crippen LogP contribution in [0.5, 0.6) is 0 Å². The molecule has 4 nitrogen and oxygen atoms in total. The molecule has 0 atom stereocenters. The van der Waals surface area contributed by atoms with Gasteiger partial charge >= 0.3 is 0 Å². The van der Waals surface area contributed by atoms with Gasteiger partial charge in [-0.05, 0) is 12.1 Å². The lowest BCUT2D eigenvalue weighted by atomic mass is 9.86. The van der Waals surface area contributed by atoms with Gasteiger partial charge in [-0.15, -0.1) is 11.3 Å². The summed E-state index contributed by atoms with van der Waals surface area (Å²) in [5.74, 6) is -1.63. The van der Waals surface area contributed by atoms with E-state index in [1.54, 1.807) is 6.20 Å². The number of ether oxygens (including phenoxy) is 1. The molecule has 0 bridgehead atoms. The molecule has 0 radical (unpaired) electrons. The molecule has 116 valence electrons. The number of carbonyl (C=O) groups is 1. The molecule has 1 aromatic carbocycles. The Balaban J connectivity index is 1.72. The van der Waals surface area contributed by atoms with E-state index >= 15 is 0 Å². The minimum atomic E-state index is -1.12. The summed E-state index contributed by atoms with van der Waals surface area (Å²) >= 11 is 1.47. The molecule has 1 amide bonds. The summed E-state index contributed by atoms with van der Waals surface area (Å²) in [4.78, 5) is 16.2. The smallest absolute Gasteiger partial charge is 0.221 e. The monoisotopic (exact) mass is 324 g/mol. The summed E-state index contributed by atoms with van der Waals surface area (Å²) in [5, 5.41) is 5.41. The van der Waals surface area contributed by atoms with Crippen molar-refractivity contribution >= 4 is 17.2 Å². The van der Waals surface area contributed by atoms with Crippen LogP contribution in [0, 0.1) is 11.6 Å². The Morgan fingerprint density at radius 2 is 2.09 bits per heavy atom. The van der Waals surface area contributed by atoms with Crippen molar-refractivity contribution in [1.82, 2.24) is 10.3 Å². The number of hydrogen-bond donors (Lipinski definition) is 1. The molecule has 0 saturated carbocycles. The van der Waals surface area contributed by atoms with Crippen molar-refractivity contribution in [3.8, 4) is 0 Å². The fourth-order valence-electron chi connectivity index (χ4n) is 2.47. The first kappa shape index (κ1) is 15.1. The zero-order valence-corrected chi connectivity index (χ0v) is 12.5. The highest BCUT2D eigenvalue weighted by atomic mass is 32.1. The van der Waals surface area contributed by atoms with E-state index in [-0.39, 0.29) is 31.1 Å². The first-order chi connectivity index (χ1) is 10.6. The fraction of sp³-hybridized carbons (Fsp3) is 0.333. The number of aryl methyl sites for hydroxylation is 1. The van der Waals surface area contributed by atoms with Crippen molar-refractivity contribution in [1.29, 1.82) is 0 Å². The Kier molecular flexibility index (Phi) is 4.17. The lowest BCUT2D eigenvalue weighted by molar-refractivity contribution is -0.134. The molecule has 3 rings (SSSR count). The molecule has 2 aromatic rings. The van der Waals surface area contributed by atoms with Crippen molar-refractivity contribution in [3.63, 3.8) is 0 Å². The predicted molar refractivity (Wildman–Crippen MR) is 77.4 cm³/mol. The second-order valence-corrected chi connectivity index (χ2v) is 6.12. The Hall–Kier alpha value is -1.86. The number of rotatable bonds is 5. The minimum absolute atomic E-state index is 0.0633. The summed E-state index contributed by atoms with van der Waals surface area (Å²) in [6.45, 7) is 0.127. The third-order valence-corrected chi connectivity index (χ3v) is 4.41. The van der Waals surface area contributed by atoms with Crippen LogP contribution in [0.3, 0.4) is 0 Å². The average Bonchev–Trinajstić information content (AvgIpc) is 2.95. The van der Waals surface area contributed by atoms with E-state index in [9.17, 15) is 13.6 Å². The van der Waals surface area contributed by atoms with E-state index in [2.05, 4.69) is 10.3 Å². The molecule has 0 aliphatic carbocycles. The molecule has 1 aliphatic heterocycles. The Morgan fingerprint density at radius 1 is 1.36 bits per heavy atom. The van der Waals surface area contributed by atoms with Crippen LogP contribution in [0.4, 0.5) is 8.78 Å². The van der Waals surface area contributed by atoms with Crippen molar-refractivity contribution in [2.45, 2.75) is 18.4 Å². The maximum absolute atomic E-state index is 14.0. The predicted octanol–water partition coefficient (Wildman–Crippen LogP) is 2.40. The summed E-state index contributed by atoms with van der Waals surface area (Å²) in [6.07, 6.45) is 2.39. The maximum Gasteiger partial charge on any atom is 0.221 e. The lowest BCUT2D eigenvalue weighted by Crippen LogP contribution is -2.60. The van der Waals surface area contributed by atoms with Gasteiger partial charge in [0, 0.05) is 24.4 Å². The quantitative estimate of drug-likeness (QED) is 0.919. The van der Waals surface area contributed by atoms with E-state index in [1.807, 2.05) is 5.38 Å². The number of nitrogens with zero attached hydrogens (tertiary/aromatic N) is 1. The van der Waals surface area contributed by atoms with Crippen LogP contribution < -0.4 is 5.32 Å². The van der Waals surface area contributed by atoms with E-state index in [0.29, 0.717) is 6.42 Å². The molecule has 22 heavy (non-hydrogen) atoms. The normalized spacial score (nSPS) is 16.1. The third-order valence-electron chi connectivity index (χ3n) is 3.57. The first-order valence-electron chi connectivity index (χ1n) is 6.82. The summed E-state index contributed by atoms with van der Waals surface area (Å²) in [7, 11) is 0. The third kappa shape index (κ3) is 2.86. The Morgan fingerprint density at radius 3 is 2.64 bits per heavy atom. The van der Waals surface area contributed by atoms with Gasteiger partial charge in [0.15, 0.2) is 0 Å². The Labute approximate surface area is 130 Å². The number of thiazole rings is 1. The second kappa shape index (κ2) is 6.10. The summed E-state index contributed by atoms with van der Waals surface area (Å²) in [5.41, 5.74) is -1.25. The topological polar surface area (TPSA) is 51.2 Å². The molecule has 1 fully saturated rings. The lowest BCUT2D eigenvalue weighted by Gasteiger charge is -2.42. The van der Waals surface area contributed by atoms with Gasteiger partial charge in [0.1, 0.15) is 17.2 Å². The molecule has 1 saturated heterocycles. The van der Waals surface area contributed by atoms with Crippen LogP contribution in [0.25, 0.3) is 0 Å². The molecule has 0 unspecified atom stereocenters. The SMILES string of the molecule is O=C(CCc1nccs1)NC1(c2c(F)cccc2F)COC1. The van der Waals surface area contributed by atoms with Crippen LogP contribution in [0.15, 0.2) is 29.8 Å². The van der Waals surface area contributed by atoms with Gasteiger partial charge in [0.2, 0.25) is 5.91 Å². The zero-order valence-electron chi connectivity index (χ0n) is 11.6. The van der Waals surface area contributed by atoms with Gasteiger partial charge in [-0.25, -0.2) is 13.8 Å². The maximum atomic E-state index is 14.0. The molecule has 0 spiro atoms. The van der Waals surface area contributed by atoms with Crippen LogP contribution >= 0.6 is 11.3 Å². The second-order valence-electron chi connectivity index (χ2n) is 5.15. The molecular formula is C15H14F2N2O2S. The van der Waals surface area contributed by atoms with Gasteiger partial charge < -0.3 is 10.1 Å². The van der Waals surface area contributed by atoms with Gasteiger partial charge in [-0.1, -0.05) is 6.07 Å². The number of hydrogen-bond acceptors (Lipinski definition) is 4. The van der Waals surface area contributed by atoms with Gasteiger partial charge in [0.25, 0.3) is 0 Å². The summed E-state index contributed by atoms with van der Waals surface area (Å²) < 4.78 is 33.0. The molecule has 1 N–H and O–H groups in total. The van der Waals surface area contributed by atoms with Crippen molar-refractivity contribution in [3.05, 3.63) is 52.0 Å². The number of amides is 1. The number of benzene rings is 1. The first-order valence-corrected chi connectivity index (χ1v) is 7.70. The van der Waals surface area contributed by atoms with Crippen molar-refractivity contribution < 1.29 is 18.3 Å². The highest BCUT2D eigenvalue weighted by Crippen LogP contribution is 2.33. The van der Waals surface area contributed by atoms with Crippen LogP contribution in [-0.4, -0.2) is 24.1 Å². The molecule has 2 heterocycles. The number of carbonyl (C=O) groups excluding carboxylic acids is 1.